The van der Waals surface area contributed by atoms with Crippen molar-refractivity contribution >= 4 is 23.3 Å². The average molecular weight is 242 g/mol. The van der Waals surface area contributed by atoms with E-state index in [-0.39, 0.29) is 12.1 Å². The van der Waals surface area contributed by atoms with E-state index in [1.54, 1.807) is 24.3 Å². The molecule has 0 saturated carbocycles. The quantitative estimate of drug-likeness (QED) is 0.757. The van der Waals surface area contributed by atoms with E-state index >= 15 is 0 Å². The molecule has 0 spiro atoms. The van der Waals surface area contributed by atoms with Crippen molar-refractivity contribution in [1.29, 1.82) is 0 Å². The molecule has 0 heterocycles. The Morgan fingerprint density at radius 2 is 2.31 bits per heavy atom. The number of amides is 2. The smallest absolute Gasteiger partial charge is 0.319 e. The molecule has 4 nitrogen and oxygen atoms in total. The summed E-state index contributed by atoms with van der Waals surface area (Å²) in [7, 11) is 0. The third-order valence-electron chi connectivity index (χ3n) is 1.97. The van der Waals surface area contributed by atoms with Crippen LogP contribution in [0.3, 0.4) is 0 Å². The Labute approximate surface area is 100 Å². The van der Waals surface area contributed by atoms with E-state index in [0.717, 1.165) is 6.42 Å². The van der Waals surface area contributed by atoms with Gasteiger partial charge in [-0.2, -0.15) is 0 Å². The minimum absolute atomic E-state index is 0.0893. The van der Waals surface area contributed by atoms with Gasteiger partial charge in [0, 0.05) is 23.3 Å². The molecular weight excluding hydrogens is 226 g/mol. The number of hydrogen-bond acceptors (Lipinski definition) is 2. The number of anilines is 1. The fraction of sp³-hybridized carbons (Fsp3) is 0.364. The molecule has 1 aromatic carbocycles. The number of nitrogens with two attached hydrogens (primary N) is 1. The van der Waals surface area contributed by atoms with Crippen LogP contribution in [0, 0.1) is 0 Å². The normalized spacial score (nSPS) is 11.9. The number of carbonyl (C=O) groups is 1. The lowest BCUT2D eigenvalue weighted by Crippen LogP contribution is -2.32. The zero-order chi connectivity index (χ0) is 12.0. The predicted molar refractivity (Wildman–Crippen MR) is 66.7 cm³/mol. The van der Waals surface area contributed by atoms with Gasteiger partial charge in [0.05, 0.1) is 0 Å². The van der Waals surface area contributed by atoms with Gasteiger partial charge in [-0.05, 0) is 31.5 Å². The molecule has 0 aliphatic heterocycles. The maximum absolute atomic E-state index is 11.4. The van der Waals surface area contributed by atoms with Crippen molar-refractivity contribution in [3.05, 3.63) is 29.3 Å². The van der Waals surface area contributed by atoms with Crippen LogP contribution in [0.1, 0.15) is 13.3 Å². The molecule has 1 rings (SSSR count). The summed E-state index contributed by atoms with van der Waals surface area (Å²) in [5.41, 5.74) is 6.23. The van der Waals surface area contributed by atoms with Crippen molar-refractivity contribution in [3.8, 4) is 0 Å². The Morgan fingerprint density at radius 3 is 2.94 bits per heavy atom. The number of rotatable bonds is 4. The summed E-state index contributed by atoms with van der Waals surface area (Å²) in [5, 5.41) is 5.98. The molecule has 5 heteroatoms. The summed E-state index contributed by atoms with van der Waals surface area (Å²) in [5.74, 6) is 0. The van der Waals surface area contributed by atoms with Gasteiger partial charge in [0.2, 0.25) is 0 Å². The second-order valence-corrected chi connectivity index (χ2v) is 4.09. The highest BCUT2D eigenvalue weighted by Crippen LogP contribution is 2.14. The van der Waals surface area contributed by atoms with Crippen molar-refractivity contribution in [2.24, 2.45) is 5.73 Å². The average Bonchev–Trinajstić information content (AvgIpc) is 2.16. The van der Waals surface area contributed by atoms with Gasteiger partial charge in [0.15, 0.2) is 0 Å². The van der Waals surface area contributed by atoms with Crippen LogP contribution in [0.2, 0.25) is 5.02 Å². The number of benzene rings is 1. The molecule has 1 atom stereocenters. The molecule has 0 saturated heterocycles. The Balaban J connectivity index is 2.34. The lowest BCUT2D eigenvalue weighted by molar-refractivity contribution is 0.252. The summed E-state index contributed by atoms with van der Waals surface area (Å²) < 4.78 is 0. The van der Waals surface area contributed by atoms with E-state index in [9.17, 15) is 4.79 Å². The van der Waals surface area contributed by atoms with Gasteiger partial charge < -0.3 is 16.4 Å². The number of carbonyl (C=O) groups excluding carboxylic acids is 1. The largest absolute Gasteiger partial charge is 0.338 e. The topological polar surface area (TPSA) is 67.1 Å². The van der Waals surface area contributed by atoms with E-state index in [0.29, 0.717) is 17.3 Å². The predicted octanol–water partition coefficient (Wildman–Crippen LogP) is 2.20. The van der Waals surface area contributed by atoms with Crippen LogP contribution in [0.15, 0.2) is 24.3 Å². The second-order valence-electron chi connectivity index (χ2n) is 3.66. The molecule has 0 aliphatic carbocycles. The first-order chi connectivity index (χ1) is 7.58. The second kappa shape index (κ2) is 6.35. The zero-order valence-corrected chi connectivity index (χ0v) is 9.92. The highest BCUT2D eigenvalue weighted by atomic mass is 35.5. The Kier molecular flexibility index (Phi) is 5.08. The third kappa shape index (κ3) is 5.00. The molecule has 1 aromatic rings. The maximum Gasteiger partial charge on any atom is 0.319 e. The van der Waals surface area contributed by atoms with Crippen molar-refractivity contribution in [1.82, 2.24) is 5.32 Å². The van der Waals surface area contributed by atoms with E-state index in [1.165, 1.54) is 0 Å². The Morgan fingerprint density at radius 1 is 1.56 bits per heavy atom. The Bertz CT molecular complexity index is 355. The van der Waals surface area contributed by atoms with E-state index in [2.05, 4.69) is 10.6 Å². The van der Waals surface area contributed by atoms with Crippen molar-refractivity contribution in [2.75, 3.05) is 11.9 Å². The van der Waals surface area contributed by atoms with Crippen LogP contribution in [-0.2, 0) is 0 Å². The first-order valence-electron chi connectivity index (χ1n) is 5.14. The lowest BCUT2D eigenvalue weighted by atomic mass is 10.2. The first-order valence-corrected chi connectivity index (χ1v) is 5.51. The molecular formula is C11H16ClN3O. The molecule has 88 valence electrons. The van der Waals surface area contributed by atoms with Crippen LogP contribution < -0.4 is 16.4 Å². The summed E-state index contributed by atoms with van der Waals surface area (Å²) in [6.45, 7) is 2.46. The summed E-state index contributed by atoms with van der Waals surface area (Å²) in [6.07, 6.45) is 0.753. The van der Waals surface area contributed by atoms with E-state index in [1.807, 2.05) is 6.92 Å². The van der Waals surface area contributed by atoms with Gasteiger partial charge in [0.1, 0.15) is 0 Å². The molecule has 4 N–H and O–H groups in total. The third-order valence-corrected chi connectivity index (χ3v) is 2.20. The molecule has 0 radical (unpaired) electrons. The van der Waals surface area contributed by atoms with Crippen molar-refractivity contribution in [3.63, 3.8) is 0 Å². The molecule has 0 fully saturated rings. The number of hydrogen-bond donors (Lipinski definition) is 3. The van der Waals surface area contributed by atoms with Crippen LogP contribution in [0.25, 0.3) is 0 Å². The fourth-order valence-corrected chi connectivity index (χ4v) is 1.35. The van der Waals surface area contributed by atoms with Crippen molar-refractivity contribution < 1.29 is 4.79 Å². The summed E-state index contributed by atoms with van der Waals surface area (Å²) in [4.78, 5) is 11.4. The Hall–Kier alpha value is -1.26. The van der Waals surface area contributed by atoms with Crippen LogP contribution in [0.4, 0.5) is 10.5 Å². The molecule has 0 bridgehead atoms. The van der Waals surface area contributed by atoms with Gasteiger partial charge in [-0.25, -0.2) is 4.79 Å². The number of urea groups is 1. The van der Waals surface area contributed by atoms with Gasteiger partial charge in [-0.15, -0.1) is 0 Å². The highest BCUT2D eigenvalue weighted by molar-refractivity contribution is 6.30. The van der Waals surface area contributed by atoms with Crippen LogP contribution >= 0.6 is 11.6 Å². The van der Waals surface area contributed by atoms with Gasteiger partial charge in [-0.3, -0.25) is 0 Å². The lowest BCUT2D eigenvalue weighted by Gasteiger charge is -2.09. The fourth-order valence-electron chi connectivity index (χ4n) is 1.15. The number of nitrogens with one attached hydrogen (secondary N) is 2. The standard InChI is InChI=1S/C11H16ClN3O/c1-8(13)5-6-14-11(16)15-10-4-2-3-9(12)7-10/h2-4,7-8H,5-6,13H2,1H3,(H2,14,15,16). The van der Waals surface area contributed by atoms with Crippen molar-refractivity contribution in [2.45, 2.75) is 19.4 Å². The van der Waals surface area contributed by atoms with E-state index in [4.69, 9.17) is 17.3 Å². The molecule has 0 aromatic heterocycles. The van der Waals surface area contributed by atoms with Gasteiger partial charge >= 0.3 is 6.03 Å². The molecule has 2 amide bonds. The van der Waals surface area contributed by atoms with Gasteiger partial charge in [0.25, 0.3) is 0 Å². The van der Waals surface area contributed by atoms with Crippen LogP contribution in [-0.4, -0.2) is 18.6 Å². The molecule has 1 unspecified atom stereocenters. The first kappa shape index (κ1) is 12.8. The molecule has 16 heavy (non-hydrogen) atoms. The monoisotopic (exact) mass is 241 g/mol. The SMILES string of the molecule is CC(N)CCNC(=O)Nc1cccc(Cl)c1. The minimum atomic E-state index is -0.247. The zero-order valence-electron chi connectivity index (χ0n) is 9.16. The summed E-state index contributed by atoms with van der Waals surface area (Å²) in [6, 6.07) is 6.83. The number of halogens is 1. The van der Waals surface area contributed by atoms with Gasteiger partial charge in [-0.1, -0.05) is 17.7 Å². The van der Waals surface area contributed by atoms with Crippen LogP contribution in [0.5, 0.6) is 0 Å². The highest BCUT2D eigenvalue weighted by Gasteiger charge is 2.01. The maximum atomic E-state index is 11.4. The minimum Gasteiger partial charge on any atom is -0.338 e. The molecule has 0 aliphatic rings. The summed E-state index contributed by atoms with van der Waals surface area (Å²) >= 11 is 5.79. The van der Waals surface area contributed by atoms with E-state index < -0.39 is 0 Å².